The molecule has 2 amide bonds. The molecule has 0 bridgehead atoms. The molecule has 0 atom stereocenters. The van der Waals surface area contributed by atoms with Crippen molar-refractivity contribution in [3.8, 4) is 0 Å². The summed E-state index contributed by atoms with van der Waals surface area (Å²) in [4.78, 5) is 29.7. The number of nitrogens with one attached hydrogen (secondary N) is 2. The van der Waals surface area contributed by atoms with Gasteiger partial charge in [-0.3, -0.25) is 14.6 Å². The largest absolute Gasteiger partial charge is 0.312 e. The number of sulfonamides is 1. The number of amides is 2. The minimum atomic E-state index is -3.46. The number of carbonyl (C=O) groups is 2. The summed E-state index contributed by atoms with van der Waals surface area (Å²) in [5.74, 6) is 1.87. The van der Waals surface area contributed by atoms with E-state index in [-0.39, 0.29) is 17.6 Å². The zero-order chi connectivity index (χ0) is 25.5. The van der Waals surface area contributed by atoms with E-state index in [0.717, 1.165) is 54.3 Å². The summed E-state index contributed by atoms with van der Waals surface area (Å²) >= 11 is 0. The molecule has 3 fully saturated rings. The number of piperidine rings is 1. The molecule has 0 unspecified atom stereocenters. The van der Waals surface area contributed by atoms with Crippen LogP contribution >= 0.6 is 0 Å². The van der Waals surface area contributed by atoms with Crippen LogP contribution in [0.5, 0.6) is 0 Å². The van der Waals surface area contributed by atoms with Crippen LogP contribution in [0, 0.1) is 18.8 Å². The van der Waals surface area contributed by atoms with Crippen molar-refractivity contribution < 1.29 is 18.0 Å². The number of benzene rings is 1. The van der Waals surface area contributed by atoms with Crippen molar-refractivity contribution in [2.45, 2.75) is 70.8 Å². The van der Waals surface area contributed by atoms with Gasteiger partial charge in [-0.25, -0.2) is 23.2 Å². The first-order valence-electron chi connectivity index (χ1n) is 13.2. The van der Waals surface area contributed by atoms with Crippen molar-refractivity contribution in [1.29, 1.82) is 0 Å². The molecular formula is C26H37N5O4S. The lowest BCUT2D eigenvalue weighted by Gasteiger charge is -2.34. The van der Waals surface area contributed by atoms with Crippen LogP contribution in [-0.4, -0.2) is 61.3 Å². The molecule has 1 spiro atoms. The van der Waals surface area contributed by atoms with Gasteiger partial charge in [-0.05, 0) is 68.2 Å². The average Bonchev–Trinajstić information content (AvgIpc) is 3.42. The highest BCUT2D eigenvalue weighted by Gasteiger charge is 2.48. The number of hydrogen-bond acceptors (Lipinski definition) is 6. The number of nitrogens with zero attached hydrogens (tertiary/aromatic N) is 3. The third kappa shape index (κ3) is 4.95. The molecule has 1 aromatic carbocycles. The third-order valence-corrected chi connectivity index (χ3v) is 10.3. The second-order valence-corrected chi connectivity index (χ2v) is 13.0. The van der Waals surface area contributed by atoms with Crippen molar-refractivity contribution in [2.24, 2.45) is 16.8 Å². The van der Waals surface area contributed by atoms with E-state index in [0.29, 0.717) is 51.2 Å². The minimum Gasteiger partial charge on any atom is -0.312 e. The smallest absolute Gasteiger partial charge is 0.253 e. The second-order valence-electron chi connectivity index (χ2n) is 10.9. The molecule has 4 aliphatic rings. The lowest BCUT2D eigenvalue weighted by atomic mass is 9.82. The van der Waals surface area contributed by atoms with E-state index in [1.807, 2.05) is 25.1 Å². The van der Waals surface area contributed by atoms with Gasteiger partial charge in [0.1, 0.15) is 11.4 Å². The summed E-state index contributed by atoms with van der Waals surface area (Å²) in [7, 11) is -3.46. The molecular weight excluding hydrogens is 478 g/mol. The summed E-state index contributed by atoms with van der Waals surface area (Å²) < 4.78 is 27.8. The summed E-state index contributed by atoms with van der Waals surface area (Å²) in [6, 6.07) is 5.69. The monoisotopic (exact) mass is 515 g/mol. The number of anilines is 1. The quantitative estimate of drug-likeness (QED) is 0.604. The highest BCUT2D eigenvalue weighted by molar-refractivity contribution is 7.89. The maximum Gasteiger partial charge on any atom is 0.253 e. The number of rotatable bonds is 6. The Morgan fingerprint density at radius 1 is 1.11 bits per heavy atom. The molecule has 9 nitrogen and oxygen atoms in total. The van der Waals surface area contributed by atoms with E-state index in [1.54, 1.807) is 5.01 Å². The van der Waals surface area contributed by atoms with Gasteiger partial charge in [-0.15, -0.1) is 0 Å². The zero-order valence-electron chi connectivity index (χ0n) is 21.3. The SMILES string of the molecule is Cc1cc(N2NCCC2=O)ccc1CCS(=O)(=O)N1CCC2(CC1)N=C(C1CCC(C)CC1)NC2=O. The molecule has 1 saturated carbocycles. The number of amidine groups is 1. The van der Waals surface area contributed by atoms with E-state index in [2.05, 4.69) is 17.7 Å². The van der Waals surface area contributed by atoms with Crippen LogP contribution in [-0.2, 0) is 26.0 Å². The first-order valence-corrected chi connectivity index (χ1v) is 14.8. The van der Waals surface area contributed by atoms with Gasteiger partial charge in [0, 0.05) is 32.0 Å². The molecule has 36 heavy (non-hydrogen) atoms. The van der Waals surface area contributed by atoms with E-state index in [4.69, 9.17) is 4.99 Å². The van der Waals surface area contributed by atoms with Gasteiger partial charge < -0.3 is 5.32 Å². The van der Waals surface area contributed by atoms with Crippen LogP contribution in [0.15, 0.2) is 23.2 Å². The van der Waals surface area contributed by atoms with Gasteiger partial charge in [-0.2, -0.15) is 0 Å². The fourth-order valence-electron chi connectivity index (χ4n) is 5.92. The fourth-order valence-corrected chi connectivity index (χ4v) is 7.39. The summed E-state index contributed by atoms with van der Waals surface area (Å²) in [5.41, 5.74) is 4.94. The number of aliphatic imine (C=N–C) groups is 1. The zero-order valence-corrected chi connectivity index (χ0v) is 22.1. The van der Waals surface area contributed by atoms with E-state index < -0.39 is 15.6 Å². The van der Waals surface area contributed by atoms with E-state index in [1.165, 1.54) is 4.31 Å². The lowest BCUT2D eigenvalue weighted by molar-refractivity contribution is -0.125. The van der Waals surface area contributed by atoms with Crippen molar-refractivity contribution in [3.63, 3.8) is 0 Å². The Bertz CT molecular complexity index is 1160. The normalized spacial score (nSPS) is 26.9. The predicted molar refractivity (Wildman–Crippen MR) is 139 cm³/mol. The maximum absolute atomic E-state index is 13.1. The second kappa shape index (κ2) is 9.87. The molecule has 0 aromatic heterocycles. The van der Waals surface area contributed by atoms with Crippen LogP contribution in [0.1, 0.15) is 63.0 Å². The summed E-state index contributed by atoms with van der Waals surface area (Å²) in [6.45, 7) is 5.47. The predicted octanol–water partition coefficient (Wildman–Crippen LogP) is 2.30. The minimum absolute atomic E-state index is 0.0159. The maximum atomic E-state index is 13.1. The first-order chi connectivity index (χ1) is 17.2. The molecule has 2 saturated heterocycles. The lowest BCUT2D eigenvalue weighted by Crippen LogP contribution is -2.51. The Morgan fingerprint density at radius 2 is 1.83 bits per heavy atom. The Hall–Kier alpha value is -2.30. The molecule has 196 valence electrons. The van der Waals surface area contributed by atoms with Gasteiger partial charge in [0.15, 0.2) is 0 Å². The van der Waals surface area contributed by atoms with Crippen molar-refractivity contribution in [3.05, 3.63) is 29.3 Å². The Morgan fingerprint density at radius 3 is 2.47 bits per heavy atom. The fraction of sp³-hybridized carbons (Fsp3) is 0.654. The Labute approximate surface area is 213 Å². The molecule has 3 heterocycles. The van der Waals surface area contributed by atoms with Crippen LogP contribution in [0.4, 0.5) is 5.69 Å². The molecule has 2 N–H and O–H groups in total. The number of hydrazine groups is 1. The Balaban J connectivity index is 1.18. The van der Waals surface area contributed by atoms with Gasteiger partial charge in [0.25, 0.3) is 5.91 Å². The van der Waals surface area contributed by atoms with Gasteiger partial charge >= 0.3 is 0 Å². The highest BCUT2D eigenvalue weighted by Crippen LogP contribution is 2.36. The number of aryl methyl sites for hydroxylation is 2. The first kappa shape index (κ1) is 25.4. The van der Waals surface area contributed by atoms with Crippen LogP contribution < -0.4 is 15.8 Å². The van der Waals surface area contributed by atoms with Gasteiger partial charge in [0.2, 0.25) is 15.9 Å². The van der Waals surface area contributed by atoms with Crippen LogP contribution in [0.25, 0.3) is 0 Å². The van der Waals surface area contributed by atoms with E-state index in [9.17, 15) is 18.0 Å². The Kier molecular flexibility index (Phi) is 6.95. The topological polar surface area (TPSA) is 111 Å². The third-order valence-electron chi connectivity index (χ3n) is 8.42. The molecule has 1 aliphatic carbocycles. The summed E-state index contributed by atoms with van der Waals surface area (Å²) in [6.07, 6.45) is 6.17. The van der Waals surface area contributed by atoms with E-state index >= 15 is 0 Å². The summed E-state index contributed by atoms with van der Waals surface area (Å²) in [5, 5.41) is 4.60. The van der Waals surface area contributed by atoms with Crippen molar-refractivity contribution in [1.82, 2.24) is 15.0 Å². The number of carbonyl (C=O) groups excluding carboxylic acids is 2. The van der Waals surface area contributed by atoms with Crippen LogP contribution in [0.2, 0.25) is 0 Å². The number of hydrogen-bond donors (Lipinski definition) is 2. The van der Waals surface area contributed by atoms with Crippen molar-refractivity contribution >= 4 is 33.4 Å². The van der Waals surface area contributed by atoms with Gasteiger partial charge in [0.05, 0.1) is 11.4 Å². The van der Waals surface area contributed by atoms with Gasteiger partial charge in [-0.1, -0.05) is 25.8 Å². The molecule has 5 rings (SSSR count). The highest BCUT2D eigenvalue weighted by atomic mass is 32.2. The van der Waals surface area contributed by atoms with Crippen molar-refractivity contribution in [2.75, 3.05) is 30.4 Å². The standard InChI is InChI=1S/C26H37N5O4S/c1-18-3-5-21(6-4-18)24-28-25(33)26(29-24)11-14-30(15-12-26)36(34,35)16-10-20-7-8-22(17-19(20)2)31-23(32)9-13-27-31/h7-8,17-18,21,27H,3-6,9-16H2,1-2H3,(H,28,29,33). The molecule has 1 aromatic rings. The van der Waals surface area contributed by atoms with Crippen LogP contribution in [0.3, 0.4) is 0 Å². The average molecular weight is 516 g/mol. The molecule has 0 radical (unpaired) electrons. The molecule has 3 aliphatic heterocycles. The molecule has 10 heteroatoms.